The van der Waals surface area contributed by atoms with Gasteiger partial charge >= 0.3 is 0 Å². The van der Waals surface area contributed by atoms with E-state index in [4.69, 9.17) is 16.7 Å². The first-order valence-electron chi connectivity index (χ1n) is 7.37. The Morgan fingerprint density at radius 1 is 0.909 bits per heavy atom. The van der Waals surface area contributed by atoms with Crippen LogP contribution in [-0.2, 0) is 5.41 Å². The molecule has 3 heteroatoms. The Kier molecular flexibility index (Phi) is 3.79. The normalized spacial score (nSPS) is 11.6. The molecule has 0 spiro atoms. The maximum Gasteiger partial charge on any atom is 0.0964 e. The summed E-state index contributed by atoms with van der Waals surface area (Å²) in [7, 11) is 0. The van der Waals surface area contributed by atoms with Crippen LogP contribution in [0.1, 0.15) is 26.3 Å². The standard InChI is InChI=1S/C19H19ClN2/c1-19(2,3)17-13-22(16-7-5-4-6-8-16)21-18(17)14-9-11-15(20)12-10-14/h4-13H,1-3H3. The fourth-order valence-electron chi connectivity index (χ4n) is 2.46. The molecule has 2 aromatic carbocycles. The molecule has 0 bridgehead atoms. The predicted octanol–water partition coefficient (Wildman–Crippen LogP) is 5.49. The second kappa shape index (κ2) is 5.62. The van der Waals surface area contributed by atoms with Crippen molar-refractivity contribution in [3.63, 3.8) is 0 Å². The van der Waals surface area contributed by atoms with Gasteiger partial charge < -0.3 is 0 Å². The van der Waals surface area contributed by atoms with Crippen molar-refractivity contribution in [1.82, 2.24) is 9.78 Å². The lowest BCUT2D eigenvalue weighted by Gasteiger charge is -2.18. The summed E-state index contributed by atoms with van der Waals surface area (Å²) in [5.74, 6) is 0. The van der Waals surface area contributed by atoms with E-state index in [1.807, 2.05) is 47.1 Å². The summed E-state index contributed by atoms with van der Waals surface area (Å²) in [6.07, 6.45) is 2.12. The van der Waals surface area contributed by atoms with Gasteiger partial charge in [-0.3, -0.25) is 0 Å². The Morgan fingerprint density at radius 3 is 2.14 bits per heavy atom. The van der Waals surface area contributed by atoms with Gasteiger partial charge in [0.05, 0.1) is 11.4 Å². The summed E-state index contributed by atoms with van der Waals surface area (Å²) in [5, 5.41) is 5.56. The van der Waals surface area contributed by atoms with E-state index in [0.717, 1.165) is 22.0 Å². The van der Waals surface area contributed by atoms with Gasteiger partial charge in [-0.15, -0.1) is 0 Å². The fraction of sp³-hybridized carbons (Fsp3) is 0.211. The zero-order valence-electron chi connectivity index (χ0n) is 13.0. The molecule has 0 atom stereocenters. The zero-order chi connectivity index (χ0) is 15.7. The number of rotatable bonds is 2. The Bertz CT molecular complexity index is 765. The van der Waals surface area contributed by atoms with Crippen molar-refractivity contribution in [3.8, 4) is 16.9 Å². The van der Waals surface area contributed by atoms with Crippen LogP contribution in [0.4, 0.5) is 0 Å². The summed E-state index contributed by atoms with van der Waals surface area (Å²) >= 11 is 6.00. The second-order valence-corrected chi connectivity index (χ2v) is 6.86. The average molecular weight is 311 g/mol. The molecule has 1 heterocycles. The van der Waals surface area contributed by atoms with Crippen LogP contribution in [0.2, 0.25) is 5.02 Å². The van der Waals surface area contributed by atoms with Gasteiger partial charge in [-0.05, 0) is 29.7 Å². The summed E-state index contributed by atoms with van der Waals surface area (Å²) in [5.41, 5.74) is 4.39. The van der Waals surface area contributed by atoms with Crippen LogP contribution < -0.4 is 0 Å². The Hall–Kier alpha value is -2.06. The quantitative estimate of drug-likeness (QED) is 0.612. The average Bonchev–Trinajstić information content (AvgIpc) is 2.94. The van der Waals surface area contributed by atoms with Gasteiger partial charge in [0.15, 0.2) is 0 Å². The molecule has 0 amide bonds. The van der Waals surface area contributed by atoms with Gasteiger partial charge in [0.25, 0.3) is 0 Å². The number of hydrogen-bond acceptors (Lipinski definition) is 1. The zero-order valence-corrected chi connectivity index (χ0v) is 13.8. The van der Waals surface area contributed by atoms with E-state index in [9.17, 15) is 0 Å². The number of para-hydroxylation sites is 1. The highest BCUT2D eigenvalue weighted by Crippen LogP contribution is 2.33. The first-order valence-corrected chi connectivity index (χ1v) is 7.74. The molecular weight excluding hydrogens is 292 g/mol. The lowest BCUT2D eigenvalue weighted by atomic mass is 9.86. The van der Waals surface area contributed by atoms with Crippen molar-refractivity contribution in [3.05, 3.63) is 71.4 Å². The van der Waals surface area contributed by atoms with E-state index in [2.05, 4.69) is 39.1 Å². The number of benzene rings is 2. The molecule has 2 nitrogen and oxygen atoms in total. The third kappa shape index (κ3) is 2.93. The maximum atomic E-state index is 6.00. The molecule has 0 aliphatic rings. The van der Waals surface area contributed by atoms with Crippen LogP contribution in [0.25, 0.3) is 16.9 Å². The molecule has 0 aliphatic heterocycles. The van der Waals surface area contributed by atoms with Crippen molar-refractivity contribution < 1.29 is 0 Å². The molecule has 3 rings (SSSR count). The lowest BCUT2D eigenvalue weighted by Crippen LogP contribution is -2.11. The van der Waals surface area contributed by atoms with Crippen LogP contribution in [0.15, 0.2) is 60.8 Å². The number of aromatic nitrogens is 2. The molecule has 3 aromatic rings. The fourth-order valence-corrected chi connectivity index (χ4v) is 2.58. The molecule has 0 saturated carbocycles. The highest BCUT2D eigenvalue weighted by atomic mass is 35.5. The summed E-state index contributed by atoms with van der Waals surface area (Å²) in [4.78, 5) is 0. The first kappa shape index (κ1) is 14.9. The molecule has 0 N–H and O–H groups in total. The van der Waals surface area contributed by atoms with Crippen LogP contribution in [0.3, 0.4) is 0 Å². The van der Waals surface area contributed by atoms with E-state index >= 15 is 0 Å². The van der Waals surface area contributed by atoms with Crippen molar-refractivity contribution in [1.29, 1.82) is 0 Å². The van der Waals surface area contributed by atoms with Crippen LogP contribution in [0.5, 0.6) is 0 Å². The van der Waals surface area contributed by atoms with Gasteiger partial charge in [-0.2, -0.15) is 5.10 Å². The van der Waals surface area contributed by atoms with Gasteiger partial charge in [0.1, 0.15) is 0 Å². The minimum absolute atomic E-state index is 0.0159. The minimum Gasteiger partial charge on any atom is -0.240 e. The van der Waals surface area contributed by atoms with E-state index in [-0.39, 0.29) is 5.41 Å². The predicted molar refractivity (Wildman–Crippen MR) is 92.7 cm³/mol. The van der Waals surface area contributed by atoms with Crippen molar-refractivity contribution in [2.45, 2.75) is 26.2 Å². The molecule has 0 fully saturated rings. The monoisotopic (exact) mass is 310 g/mol. The third-order valence-corrected chi connectivity index (χ3v) is 3.91. The molecule has 0 radical (unpaired) electrons. The first-order chi connectivity index (χ1) is 10.4. The van der Waals surface area contributed by atoms with Gasteiger partial charge in [-0.25, -0.2) is 4.68 Å². The van der Waals surface area contributed by atoms with Crippen LogP contribution in [0, 0.1) is 0 Å². The van der Waals surface area contributed by atoms with E-state index < -0.39 is 0 Å². The Labute approximate surface area is 136 Å². The highest BCUT2D eigenvalue weighted by molar-refractivity contribution is 6.30. The summed E-state index contributed by atoms with van der Waals surface area (Å²) in [6.45, 7) is 6.62. The number of halogens is 1. The van der Waals surface area contributed by atoms with Gasteiger partial charge in [0.2, 0.25) is 0 Å². The minimum atomic E-state index is 0.0159. The van der Waals surface area contributed by atoms with Crippen molar-refractivity contribution >= 4 is 11.6 Å². The summed E-state index contributed by atoms with van der Waals surface area (Å²) < 4.78 is 1.95. The van der Waals surface area contributed by atoms with Crippen LogP contribution in [-0.4, -0.2) is 9.78 Å². The summed E-state index contributed by atoms with van der Waals surface area (Å²) in [6, 6.07) is 18.0. The number of hydrogen-bond donors (Lipinski definition) is 0. The molecule has 112 valence electrons. The largest absolute Gasteiger partial charge is 0.240 e. The van der Waals surface area contributed by atoms with E-state index in [1.54, 1.807) is 0 Å². The van der Waals surface area contributed by atoms with E-state index in [1.165, 1.54) is 5.56 Å². The lowest BCUT2D eigenvalue weighted by molar-refractivity contribution is 0.591. The smallest absolute Gasteiger partial charge is 0.0964 e. The third-order valence-electron chi connectivity index (χ3n) is 3.66. The Morgan fingerprint density at radius 2 is 1.55 bits per heavy atom. The SMILES string of the molecule is CC(C)(C)c1cn(-c2ccccc2)nc1-c1ccc(Cl)cc1. The maximum absolute atomic E-state index is 6.00. The van der Waals surface area contributed by atoms with Crippen molar-refractivity contribution in [2.75, 3.05) is 0 Å². The molecule has 0 saturated heterocycles. The second-order valence-electron chi connectivity index (χ2n) is 6.43. The van der Waals surface area contributed by atoms with Crippen molar-refractivity contribution in [2.24, 2.45) is 0 Å². The highest BCUT2D eigenvalue weighted by Gasteiger charge is 2.23. The Balaban J connectivity index is 2.16. The molecule has 0 aliphatic carbocycles. The van der Waals surface area contributed by atoms with E-state index in [0.29, 0.717) is 0 Å². The van der Waals surface area contributed by atoms with Gasteiger partial charge in [-0.1, -0.05) is 62.7 Å². The van der Waals surface area contributed by atoms with Crippen LogP contribution >= 0.6 is 11.6 Å². The molecular formula is C19H19ClN2. The molecule has 0 unspecified atom stereocenters. The molecule has 22 heavy (non-hydrogen) atoms. The number of nitrogens with zero attached hydrogens (tertiary/aromatic N) is 2. The topological polar surface area (TPSA) is 17.8 Å². The molecule has 1 aromatic heterocycles. The van der Waals surface area contributed by atoms with Gasteiger partial charge in [0, 0.05) is 22.3 Å².